The first-order valence-electron chi connectivity index (χ1n) is 8.20. The fourth-order valence-electron chi connectivity index (χ4n) is 2.49. The van der Waals surface area contributed by atoms with Crippen molar-refractivity contribution in [3.8, 4) is 11.5 Å². The van der Waals surface area contributed by atoms with E-state index in [1.54, 1.807) is 0 Å². The number of halogens is 1. The molecule has 2 aromatic carbocycles. The number of rotatable bonds is 7. The number of para-hydroxylation sites is 1. The van der Waals surface area contributed by atoms with Crippen LogP contribution in [0.4, 0.5) is 0 Å². The van der Waals surface area contributed by atoms with E-state index in [-0.39, 0.29) is 5.41 Å². The Kier molecular flexibility index (Phi) is 6.69. The van der Waals surface area contributed by atoms with Gasteiger partial charge in [-0.1, -0.05) is 45.0 Å². The van der Waals surface area contributed by atoms with Crippen LogP contribution >= 0.6 is 15.9 Å². The second-order valence-electron chi connectivity index (χ2n) is 6.74. The number of benzene rings is 2. The molecule has 0 bridgehead atoms. The Labute approximate surface area is 153 Å². The molecule has 0 heterocycles. The molecule has 0 amide bonds. The highest BCUT2D eigenvalue weighted by Gasteiger charge is 2.18. The minimum absolute atomic E-state index is 0.0591. The minimum atomic E-state index is 0.0591. The fraction of sp³-hybridized carbons (Fsp3) is 0.400. The molecule has 130 valence electrons. The summed E-state index contributed by atoms with van der Waals surface area (Å²) in [5.74, 6) is 1.76. The zero-order valence-electron chi connectivity index (χ0n) is 14.9. The molecule has 3 nitrogen and oxygen atoms in total. The Bertz CT molecular complexity index is 665. The first-order chi connectivity index (χ1) is 11.4. The summed E-state index contributed by atoms with van der Waals surface area (Å²) >= 11 is 3.56. The summed E-state index contributed by atoms with van der Waals surface area (Å²) in [7, 11) is 1.94. The number of hydrogen-bond donors (Lipinski definition) is 1. The third kappa shape index (κ3) is 5.25. The van der Waals surface area contributed by atoms with Crippen LogP contribution in [-0.2, 0) is 12.0 Å². The third-order valence-electron chi connectivity index (χ3n) is 3.67. The van der Waals surface area contributed by atoms with Gasteiger partial charge in [0.15, 0.2) is 0 Å². The van der Waals surface area contributed by atoms with Crippen LogP contribution in [0, 0.1) is 0 Å². The maximum absolute atomic E-state index is 5.94. The Hall–Kier alpha value is -1.52. The predicted octanol–water partition coefficient (Wildman–Crippen LogP) is 4.92. The second kappa shape index (κ2) is 8.54. The summed E-state index contributed by atoms with van der Waals surface area (Å²) in [6, 6.07) is 14.3. The van der Waals surface area contributed by atoms with Gasteiger partial charge in [-0.2, -0.15) is 0 Å². The molecule has 0 atom stereocenters. The molecule has 0 aromatic heterocycles. The molecule has 4 heteroatoms. The van der Waals surface area contributed by atoms with Gasteiger partial charge in [0.1, 0.15) is 24.7 Å². The molecule has 0 aliphatic heterocycles. The van der Waals surface area contributed by atoms with E-state index in [9.17, 15) is 0 Å². The van der Waals surface area contributed by atoms with Crippen molar-refractivity contribution < 1.29 is 9.47 Å². The lowest BCUT2D eigenvalue weighted by atomic mass is 9.86. The average molecular weight is 392 g/mol. The quantitative estimate of drug-likeness (QED) is 0.679. The first-order valence-corrected chi connectivity index (χ1v) is 8.99. The Morgan fingerprint density at radius 1 is 0.958 bits per heavy atom. The summed E-state index contributed by atoms with van der Waals surface area (Å²) in [5, 5.41) is 3.14. The molecule has 1 N–H and O–H groups in total. The molecule has 0 aliphatic rings. The van der Waals surface area contributed by atoms with Crippen molar-refractivity contribution in [1.29, 1.82) is 0 Å². The van der Waals surface area contributed by atoms with Crippen molar-refractivity contribution in [2.45, 2.75) is 32.7 Å². The number of ether oxygens (including phenoxy) is 2. The van der Waals surface area contributed by atoms with Crippen LogP contribution in [0.3, 0.4) is 0 Å². The van der Waals surface area contributed by atoms with E-state index < -0.39 is 0 Å². The zero-order chi connectivity index (χ0) is 17.6. The van der Waals surface area contributed by atoms with Gasteiger partial charge in [0, 0.05) is 6.54 Å². The lowest BCUT2D eigenvalue weighted by Gasteiger charge is -2.22. The Balaban J connectivity index is 1.90. The van der Waals surface area contributed by atoms with Crippen molar-refractivity contribution in [2.24, 2.45) is 0 Å². The van der Waals surface area contributed by atoms with E-state index in [0.717, 1.165) is 22.5 Å². The molecule has 0 spiro atoms. The van der Waals surface area contributed by atoms with Crippen LogP contribution in [0.2, 0.25) is 0 Å². The van der Waals surface area contributed by atoms with Gasteiger partial charge in [-0.05, 0) is 57.7 Å². The smallest absolute Gasteiger partial charge is 0.133 e. The van der Waals surface area contributed by atoms with Gasteiger partial charge in [-0.15, -0.1) is 0 Å². The van der Waals surface area contributed by atoms with E-state index in [4.69, 9.17) is 9.47 Å². The van der Waals surface area contributed by atoms with E-state index in [2.05, 4.69) is 60.2 Å². The predicted molar refractivity (Wildman–Crippen MR) is 103 cm³/mol. The van der Waals surface area contributed by atoms with Gasteiger partial charge in [-0.3, -0.25) is 0 Å². The molecule has 0 unspecified atom stereocenters. The highest BCUT2D eigenvalue weighted by Crippen LogP contribution is 2.31. The molecule has 0 saturated carbocycles. The van der Waals surface area contributed by atoms with Crippen LogP contribution in [0.25, 0.3) is 0 Å². The molecular weight excluding hydrogens is 366 g/mol. The van der Waals surface area contributed by atoms with Gasteiger partial charge in [-0.25, -0.2) is 0 Å². The van der Waals surface area contributed by atoms with Gasteiger partial charge in [0.2, 0.25) is 0 Å². The number of hydrogen-bond acceptors (Lipinski definition) is 3. The highest BCUT2D eigenvalue weighted by molar-refractivity contribution is 9.10. The highest BCUT2D eigenvalue weighted by atomic mass is 79.9. The van der Waals surface area contributed by atoms with Crippen LogP contribution in [0.15, 0.2) is 46.9 Å². The van der Waals surface area contributed by atoms with Crippen LogP contribution in [0.1, 0.15) is 31.9 Å². The third-order valence-corrected chi connectivity index (χ3v) is 4.29. The largest absolute Gasteiger partial charge is 0.490 e. The van der Waals surface area contributed by atoms with Crippen molar-refractivity contribution in [3.05, 3.63) is 58.1 Å². The van der Waals surface area contributed by atoms with Gasteiger partial charge in [0.25, 0.3) is 0 Å². The average Bonchev–Trinajstić information content (AvgIpc) is 2.53. The summed E-state index contributed by atoms with van der Waals surface area (Å²) in [6.45, 7) is 8.42. The van der Waals surface area contributed by atoms with Gasteiger partial charge >= 0.3 is 0 Å². The summed E-state index contributed by atoms with van der Waals surface area (Å²) in [5.41, 5.74) is 2.48. The van der Waals surface area contributed by atoms with E-state index in [1.165, 1.54) is 11.1 Å². The summed E-state index contributed by atoms with van der Waals surface area (Å²) in [6.07, 6.45) is 0. The van der Waals surface area contributed by atoms with Gasteiger partial charge in [0.05, 0.1) is 4.47 Å². The molecule has 2 aromatic rings. The van der Waals surface area contributed by atoms with Gasteiger partial charge < -0.3 is 14.8 Å². The Morgan fingerprint density at radius 3 is 2.25 bits per heavy atom. The van der Waals surface area contributed by atoms with E-state index >= 15 is 0 Å². The Morgan fingerprint density at radius 2 is 1.62 bits per heavy atom. The van der Waals surface area contributed by atoms with Crippen molar-refractivity contribution in [3.63, 3.8) is 0 Å². The fourth-order valence-corrected chi connectivity index (χ4v) is 3.03. The zero-order valence-corrected chi connectivity index (χ0v) is 16.4. The topological polar surface area (TPSA) is 30.5 Å². The molecule has 0 fully saturated rings. The van der Waals surface area contributed by atoms with Crippen LogP contribution in [-0.4, -0.2) is 20.3 Å². The SMILES string of the molecule is CNCc1ccc(OCCOc2ccccc2C(C)(C)C)c(Br)c1. The maximum Gasteiger partial charge on any atom is 0.133 e. The molecular formula is C20H26BrNO2. The second-order valence-corrected chi connectivity index (χ2v) is 7.59. The van der Waals surface area contributed by atoms with Crippen molar-refractivity contribution in [2.75, 3.05) is 20.3 Å². The van der Waals surface area contributed by atoms with Crippen LogP contribution < -0.4 is 14.8 Å². The standard InChI is InChI=1S/C20H26BrNO2/c1-20(2,3)16-7-5-6-8-18(16)23-11-12-24-19-10-9-15(14-22-4)13-17(19)21/h5-10,13,22H,11-12,14H2,1-4H3. The maximum atomic E-state index is 5.94. The van der Waals surface area contributed by atoms with E-state index in [0.29, 0.717) is 13.2 Å². The lowest BCUT2D eigenvalue weighted by Crippen LogP contribution is -2.15. The normalized spacial score (nSPS) is 11.4. The van der Waals surface area contributed by atoms with E-state index in [1.807, 2.05) is 31.3 Å². The minimum Gasteiger partial charge on any atom is -0.490 e. The molecule has 24 heavy (non-hydrogen) atoms. The molecule has 2 rings (SSSR count). The van der Waals surface area contributed by atoms with Crippen LogP contribution in [0.5, 0.6) is 11.5 Å². The molecule has 0 radical (unpaired) electrons. The molecule has 0 aliphatic carbocycles. The van der Waals surface area contributed by atoms with Crippen molar-refractivity contribution >= 4 is 15.9 Å². The molecule has 0 saturated heterocycles. The first kappa shape index (κ1) is 18.8. The lowest BCUT2D eigenvalue weighted by molar-refractivity contribution is 0.213. The van der Waals surface area contributed by atoms with Crippen molar-refractivity contribution in [1.82, 2.24) is 5.32 Å². The summed E-state index contributed by atoms with van der Waals surface area (Å²) in [4.78, 5) is 0. The summed E-state index contributed by atoms with van der Waals surface area (Å²) < 4.78 is 12.7. The monoisotopic (exact) mass is 391 g/mol. The number of nitrogens with one attached hydrogen (secondary N) is 1.